The van der Waals surface area contributed by atoms with Crippen LogP contribution in [0.3, 0.4) is 0 Å². The van der Waals surface area contributed by atoms with Crippen LogP contribution in [0, 0.1) is 0 Å². The molecule has 0 aromatic rings. The van der Waals surface area contributed by atoms with Gasteiger partial charge in [-0.2, -0.15) is 0 Å². The Bertz CT molecular complexity index is 1580. The van der Waals surface area contributed by atoms with Crippen LogP contribution in [0.1, 0.15) is 393 Å². The van der Waals surface area contributed by atoms with Gasteiger partial charge in [0.1, 0.15) is 19.3 Å². The number of nitrogens with zero attached hydrogens (tertiary/aromatic N) is 1. The number of carbonyl (C=O) groups is 2. The van der Waals surface area contributed by atoms with E-state index in [1.165, 1.54) is 302 Å². The minimum absolute atomic E-state index is 0.0191. The maximum Gasteiger partial charge on any atom is 0.306 e. The number of nitrogens with one attached hydrogen (secondary N) is 1. The van der Waals surface area contributed by atoms with E-state index in [2.05, 4.69) is 50.4 Å². The summed E-state index contributed by atoms with van der Waals surface area (Å²) in [6.45, 7) is 6.91. The van der Waals surface area contributed by atoms with Crippen molar-refractivity contribution in [2.45, 2.75) is 405 Å². The fourth-order valence-corrected chi connectivity index (χ4v) is 12.4. The summed E-state index contributed by atoms with van der Waals surface area (Å²) in [6, 6.07) is -0.886. The molecule has 1 amide bonds. The molecule has 0 aromatic heterocycles. The quantitative estimate of drug-likeness (QED) is 0.0212. The van der Waals surface area contributed by atoms with Gasteiger partial charge in [0.2, 0.25) is 5.91 Å². The fraction of sp³-hybridized carbons (Fsp3) is 0.896. The molecule has 0 aliphatic heterocycles. The number of unbranched alkanes of at least 4 members (excludes halogenated alkanes) is 51. The summed E-state index contributed by atoms with van der Waals surface area (Å²) in [4.78, 5) is 40.3. The lowest BCUT2D eigenvalue weighted by Crippen LogP contribution is -2.47. The summed E-state index contributed by atoms with van der Waals surface area (Å²) >= 11 is 0. The Balaban J connectivity index is 4.99. The summed E-state index contributed by atoms with van der Waals surface area (Å²) in [6.07, 6.45) is 84.2. The van der Waals surface area contributed by atoms with E-state index in [4.69, 9.17) is 13.8 Å². The van der Waals surface area contributed by atoms with E-state index in [1.54, 1.807) is 0 Å². The highest BCUT2D eigenvalue weighted by atomic mass is 31.2. The summed E-state index contributed by atoms with van der Waals surface area (Å²) in [7, 11) is 1.21. The Morgan fingerprint density at radius 3 is 0.977 bits per heavy atom. The second-order valence-corrected chi connectivity index (χ2v) is 28.9. The topological polar surface area (TPSA) is 114 Å². The van der Waals surface area contributed by atoms with Crippen molar-refractivity contribution in [3.8, 4) is 0 Å². The number of quaternary nitrogens is 1. The number of phosphoric acid groups is 1. The number of phosphoric ester groups is 1. The Labute approximate surface area is 542 Å². The molecule has 0 saturated heterocycles. The number of esters is 1. The monoisotopic (exact) mass is 1250 g/mol. The predicted octanol–water partition coefficient (Wildman–Crippen LogP) is 23.9. The number of hydrogen-bond acceptors (Lipinski definition) is 7. The number of rotatable bonds is 71. The molecular weight excluding hydrogens is 1100 g/mol. The van der Waals surface area contributed by atoms with Crippen LogP contribution in [0.25, 0.3) is 0 Å². The van der Waals surface area contributed by atoms with Gasteiger partial charge in [0, 0.05) is 12.8 Å². The molecule has 0 aliphatic carbocycles. The molecule has 0 aromatic carbocycles. The zero-order valence-corrected chi connectivity index (χ0v) is 59.9. The van der Waals surface area contributed by atoms with Crippen LogP contribution in [-0.2, 0) is 27.9 Å². The van der Waals surface area contributed by atoms with Crippen molar-refractivity contribution < 1.29 is 37.3 Å². The molecule has 1 N–H and O–H groups in total. The molecule has 0 fully saturated rings. The van der Waals surface area contributed by atoms with Crippen molar-refractivity contribution in [2.75, 3.05) is 40.9 Å². The summed E-state index contributed by atoms with van der Waals surface area (Å²) in [5.74, 6) is -0.518. The van der Waals surface area contributed by atoms with E-state index in [9.17, 15) is 19.0 Å². The first kappa shape index (κ1) is 85.2. The average Bonchev–Trinajstić information content (AvgIpc) is 3.70. The molecule has 0 bridgehead atoms. The molecule has 514 valence electrons. The second kappa shape index (κ2) is 67.1. The Kier molecular flexibility index (Phi) is 65.8. The summed E-state index contributed by atoms with van der Waals surface area (Å²) < 4.78 is 30.5. The number of ether oxygens (including phenoxy) is 1. The van der Waals surface area contributed by atoms with Gasteiger partial charge in [-0.3, -0.25) is 14.2 Å². The number of amides is 1. The summed E-state index contributed by atoms with van der Waals surface area (Å²) in [5.41, 5.74) is 0. The van der Waals surface area contributed by atoms with Crippen LogP contribution in [0.15, 0.2) is 36.5 Å². The maximum atomic E-state index is 13.6. The van der Waals surface area contributed by atoms with Crippen molar-refractivity contribution in [3.63, 3.8) is 0 Å². The Morgan fingerprint density at radius 1 is 0.391 bits per heavy atom. The summed E-state index contributed by atoms with van der Waals surface area (Å²) in [5, 5.41) is 3.06. The van der Waals surface area contributed by atoms with Gasteiger partial charge >= 0.3 is 5.97 Å². The minimum Gasteiger partial charge on any atom is -0.756 e. The third-order valence-corrected chi connectivity index (χ3v) is 18.5. The van der Waals surface area contributed by atoms with Crippen LogP contribution < -0.4 is 10.2 Å². The van der Waals surface area contributed by atoms with Crippen molar-refractivity contribution in [3.05, 3.63) is 36.5 Å². The van der Waals surface area contributed by atoms with Crippen LogP contribution in [0.4, 0.5) is 0 Å². The van der Waals surface area contributed by atoms with Crippen molar-refractivity contribution in [1.29, 1.82) is 0 Å². The van der Waals surface area contributed by atoms with Crippen molar-refractivity contribution in [2.24, 2.45) is 0 Å². The molecule has 0 saturated carbocycles. The molecule has 87 heavy (non-hydrogen) atoms. The molecule has 0 heterocycles. The van der Waals surface area contributed by atoms with E-state index in [1.807, 2.05) is 33.3 Å². The van der Waals surface area contributed by atoms with Crippen LogP contribution in [0.2, 0.25) is 0 Å². The standard InChI is InChI=1S/C77H149N2O7P/c1-7-10-13-16-19-22-25-28-30-32-34-36-38-39-41-43-45-47-49-52-55-58-61-64-67-70-77(81)86-75(68-65-62-59-56-53-50-27-24-21-18-15-12-9-3)74(73-85-87(82,83)84-72-71-79(4,5)6)78-76(80)69-66-63-60-57-54-51-48-46-44-42-40-37-35-33-31-29-26-23-20-17-14-11-8-2/h28-31,65,68,74-75H,7-27,32-64,66-67,69-73H2,1-6H3,(H-,78,80,82,83)/b30-28+,31-29+,68-65+. The largest absolute Gasteiger partial charge is 0.756 e. The third kappa shape index (κ3) is 68.4. The van der Waals surface area contributed by atoms with Gasteiger partial charge in [-0.1, -0.05) is 334 Å². The van der Waals surface area contributed by atoms with E-state index in [0.29, 0.717) is 17.4 Å². The van der Waals surface area contributed by atoms with Crippen LogP contribution >= 0.6 is 7.82 Å². The lowest BCUT2D eigenvalue weighted by Gasteiger charge is -2.30. The second-order valence-electron chi connectivity index (χ2n) is 27.5. The van der Waals surface area contributed by atoms with Gasteiger partial charge in [0.25, 0.3) is 7.82 Å². The molecule has 0 radical (unpaired) electrons. The average molecular weight is 1250 g/mol. The molecule has 0 spiro atoms. The third-order valence-electron chi connectivity index (χ3n) is 17.5. The highest BCUT2D eigenvalue weighted by Crippen LogP contribution is 2.38. The molecule has 9 nitrogen and oxygen atoms in total. The molecule has 0 rings (SSSR count). The first-order valence-electron chi connectivity index (χ1n) is 38.3. The number of hydrogen-bond donors (Lipinski definition) is 1. The zero-order chi connectivity index (χ0) is 63.5. The van der Waals surface area contributed by atoms with Gasteiger partial charge < -0.3 is 28.5 Å². The SMILES string of the molecule is CCCCCCCC/C=C/CCCCCCCCCCCCCCCCCC(=O)OC(/C=C/CCCCCCCCCCCCC)C(COP(=O)([O-])OCC[N+](C)(C)C)NC(=O)CCCCCCCCCCCCCCC/C=C/CCCCCCCC. The maximum absolute atomic E-state index is 13.6. The van der Waals surface area contributed by atoms with Gasteiger partial charge in [0.15, 0.2) is 0 Å². The first-order chi connectivity index (χ1) is 42.4. The minimum atomic E-state index is -4.70. The highest BCUT2D eigenvalue weighted by Gasteiger charge is 2.27. The van der Waals surface area contributed by atoms with E-state index in [-0.39, 0.29) is 31.5 Å². The lowest BCUT2D eigenvalue weighted by atomic mass is 10.0. The smallest absolute Gasteiger partial charge is 0.306 e. The van der Waals surface area contributed by atoms with Crippen molar-refractivity contribution >= 4 is 19.7 Å². The van der Waals surface area contributed by atoms with E-state index >= 15 is 0 Å². The van der Waals surface area contributed by atoms with Crippen LogP contribution in [0.5, 0.6) is 0 Å². The van der Waals surface area contributed by atoms with Gasteiger partial charge in [-0.15, -0.1) is 0 Å². The molecule has 10 heteroatoms. The molecule has 3 atom stereocenters. The Hall–Kier alpha value is -1.77. The van der Waals surface area contributed by atoms with Crippen molar-refractivity contribution in [1.82, 2.24) is 5.32 Å². The highest BCUT2D eigenvalue weighted by molar-refractivity contribution is 7.45. The van der Waals surface area contributed by atoms with Gasteiger partial charge in [0.05, 0.1) is 33.8 Å². The number of allylic oxidation sites excluding steroid dienone is 5. The molecule has 0 aliphatic rings. The Morgan fingerprint density at radius 2 is 0.667 bits per heavy atom. The first-order valence-corrected chi connectivity index (χ1v) is 39.8. The lowest BCUT2D eigenvalue weighted by molar-refractivity contribution is -0.870. The van der Waals surface area contributed by atoms with E-state index < -0.39 is 20.0 Å². The predicted molar refractivity (Wildman–Crippen MR) is 376 cm³/mol. The normalized spacial score (nSPS) is 13.6. The van der Waals surface area contributed by atoms with Gasteiger partial charge in [-0.25, -0.2) is 0 Å². The molecule has 3 unspecified atom stereocenters. The molecular formula is C77H149N2O7P. The zero-order valence-electron chi connectivity index (χ0n) is 59.0. The number of likely N-dealkylation sites (N-methyl/N-ethyl adjacent to an activating group) is 1. The van der Waals surface area contributed by atoms with Crippen LogP contribution in [-0.4, -0.2) is 69.4 Å². The van der Waals surface area contributed by atoms with Gasteiger partial charge in [-0.05, 0) is 83.1 Å². The fourth-order valence-electron chi connectivity index (χ4n) is 11.6. The number of carbonyl (C=O) groups excluding carboxylic acids is 2. The van der Waals surface area contributed by atoms with E-state index in [0.717, 1.165) is 57.8 Å².